The van der Waals surface area contributed by atoms with E-state index in [9.17, 15) is 5.11 Å². The van der Waals surface area contributed by atoms with Crippen LogP contribution in [0, 0.1) is 5.92 Å². The van der Waals surface area contributed by atoms with E-state index in [0.717, 1.165) is 16.9 Å². The van der Waals surface area contributed by atoms with Crippen LogP contribution in [-0.2, 0) is 4.74 Å². The fourth-order valence-corrected chi connectivity index (χ4v) is 2.91. The third-order valence-electron chi connectivity index (χ3n) is 4.04. The zero-order valence-electron chi connectivity index (χ0n) is 10.8. The van der Waals surface area contributed by atoms with Crippen molar-refractivity contribution < 1.29 is 9.84 Å². The van der Waals surface area contributed by atoms with Crippen LogP contribution < -0.4 is 0 Å². The van der Waals surface area contributed by atoms with Gasteiger partial charge in [0.2, 0.25) is 0 Å². The molecule has 96 valence electrons. The van der Waals surface area contributed by atoms with Gasteiger partial charge in [0.05, 0.1) is 23.2 Å². The molecule has 4 atom stereocenters. The molecule has 2 N–H and O–H groups in total. The predicted molar refractivity (Wildman–Crippen MR) is 69.7 cm³/mol. The Bertz CT molecular complexity index is 578. The summed E-state index contributed by atoms with van der Waals surface area (Å²) in [7, 11) is 0. The van der Waals surface area contributed by atoms with Gasteiger partial charge in [0.1, 0.15) is 11.6 Å². The van der Waals surface area contributed by atoms with Gasteiger partial charge in [-0.05, 0) is 31.9 Å². The van der Waals surface area contributed by atoms with E-state index in [4.69, 9.17) is 4.74 Å². The monoisotopic (exact) mass is 246 g/mol. The summed E-state index contributed by atoms with van der Waals surface area (Å²) in [5.74, 6) is 1.94. The molecule has 0 bridgehead atoms. The van der Waals surface area contributed by atoms with Crippen molar-refractivity contribution in [3.8, 4) is 5.75 Å². The third-order valence-corrected chi connectivity index (χ3v) is 4.04. The summed E-state index contributed by atoms with van der Waals surface area (Å²) in [5, 5.41) is 9.48. The molecule has 4 unspecified atom stereocenters. The Kier molecular flexibility index (Phi) is 2.55. The van der Waals surface area contributed by atoms with Crippen LogP contribution in [0.4, 0.5) is 0 Å². The lowest BCUT2D eigenvalue weighted by Gasteiger charge is -2.15. The predicted octanol–water partition coefficient (Wildman–Crippen LogP) is 2.80. The van der Waals surface area contributed by atoms with E-state index in [1.54, 1.807) is 12.1 Å². The summed E-state index contributed by atoms with van der Waals surface area (Å²) in [5.41, 5.74) is 1.77. The Morgan fingerprint density at radius 3 is 2.67 bits per heavy atom. The lowest BCUT2D eigenvalue weighted by atomic mass is 9.89. The second-order valence-electron chi connectivity index (χ2n) is 5.25. The summed E-state index contributed by atoms with van der Waals surface area (Å²) < 4.78 is 5.85. The zero-order valence-corrected chi connectivity index (χ0v) is 10.8. The lowest BCUT2D eigenvalue weighted by molar-refractivity contribution is 0.0554. The molecule has 1 saturated heterocycles. The number of aromatic amines is 1. The van der Waals surface area contributed by atoms with Crippen LogP contribution in [0.5, 0.6) is 5.75 Å². The minimum atomic E-state index is 0.171. The minimum absolute atomic E-state index is 0.171. The Labute approximate surface area is 106 Å². The number of phenolic OH excluding ortho intramolecular Hbond substituents is 1. The molecule has 1 aromatic carbocycles. The van der Waals surface area contributed by atoms with Crippen molar-refractivity contribution >= 4 is 11.0 Å². The van der Waals surface area contributed by atoms with Gasteiger partial charge in [-0.15, -0.1) is 0 Å². The number of hydrogen-bond acceptors (Lipinski definition) is 3. The van der Waals surface area contributed by atoms with Gasteiger partial charge in [-0.25, -0.2) is 4.98 Å². The van der Waals surface area contributed by atoms with Gasteiger partial charge in [-0.3, -0.25) is 0 Å². The summed E-state index contributed by atoms with van der Waals surface area (Å²) >= 11 is 0. The van der Waals surface area contributed by atoms with Crippen molar-refractivity contribution in [2.24, 2.45) is 5.92 Å². The van der Waals surface area contributed by atoms with E-state index in [0.29, 0.717) is 5.92 Å². The van der Waals surface area contributed by atoms with Crippen LogP contribution in [0.1, 0.15) is 32.5 Å². The Morgan fingerprint density at radius 2 is 2.00 bits per heavy atom. The SMILES string of the molecule is CC1OC(C)C(c2nc3ccc(O)cc3[nH]2)C1C. The Hall–Kier alpha value is -1.55. The number of imidazole rings is 1. The molecule has 4 nitrogen and oxygen atoms in total. The molecule has 0 spiro atoms. The molecule has 1 aromatic heterocycles. The van der Waals surface area contributed by atoms with E-state index in [1.165, 1.54) is 0 Å². The molecule has 1 aliphatic heterocycles. The first-order chi connectivity index (χ1) is 8.56. The lowest BCUT2D eigenvalue weighted by Crippen LogP contribution is -2.16. The van der Waals surface area contributed by atoms with Crippen LogP contribution in [0.3, 0.4) is 0 Å². The first kappa shape index (κ1) is 11.5. The number of ether oxygens (including phenoxy) is 1. The van der Waals surface area contributed by atoms with Crippen molar-refractivity contribution in [1.29, 1.82) is 0 Å². The maximum absolute atomic E-state index is 9.48. The molecule has 4 heteroatoms. The zero-order chi connectivity index (χ0) is 12.9. The van der Waals surface area contributed by atoms with Gasteiger partial charge in [-0.1, -0.05) is 6.92 Å². The van der Waals surface area contributed by atoms with E-state index in [-0.39, 0.29) is 23.9 Å². The largest absolute Gasteiger partial charge is 0.508 e. The number of rotatable bonds is 1. The first-order valence-corrected chi connectivity index (χ1v) is 6.40. The van der Waals surface area contributed by atoms with Crippen molar-refractivity contribution in [3.05, 3.63) is 24.0 Å². The van der Waals surface area contributed by atoms with Crippen LogP contribution in [0.25, 0.3) is 11.0 Å². The number of H-pyrrole nitrogens is 1. The summed E-state index contributed by atoms with van der Waals surface area (Å²) in [6.45, 7) is 6.40. The number of fused-ring (bicyclic) bond motifs is 1. The van der Waals surface area contributed by atoms with Gasteiger partial charge in [-0.2, -0.15) is 0 Å². The van der Waals surface area contributed by atoms with E-state index in [1.807, 2.05) is 6.07 Å². The van der Waals surface area contributed by atoms with E-state index in [2.05, 4.69) is 30.7 Å². The van der Waals surface area contributed by atoms with Crippen molar-refractivity contribution in [3.63, 3.8) is 0 Å². The Balaban J connectivity index is 2.04. The number of aromatic hydroxyl groups is 1. The molecule has 2 heterocycles. The molecular weight excluding hydrogens is 228 g/mol. The molecule has 0 aliphatic carbocycles. The quantitative estimate of drug-likeness (QED) is 0.813. The molecular formula is C14H18N2O2. The van der Waals surface area contributed by atoms with Crippen LogP contribution in [-0.4, -0.2) is 27.3 Å². The number of nitrogens with zero attached hydrogens (tertiary/aromatic N) is 1. The number of benzene rings is 1. The molecule has 2 aromatic rings. The topological polar surface area (TPSA) is 58.1 Å². The highest BCUT2D eigenvalue weighted by molar-refractivity contribution is 5.76. The van der Waals surface area contributed by atoms with Gasteiger partial charge in [0.15, 0.2) is 0 Å². The average Bonchev–Trinajstić information content (AvgIpc) is 2.80. The molecule has 18 heavy (non-hydrogen) atoms. The molecule has 0 saturated carbocycles. The van der Waals surface area contributed by atoms with Crippen molar-refractivity contribution in [2.75, 3.05) is 0 Å². The average molecular weight is 246 g/mol. The normalized spacial score (nSPS) is 32.2. The number of aromatic nitrogens is 2. The molecule has 0 amide bonds. The minimum Gasteiger partial charge on any atom is -0.508 e. The molecule has 1 fully saturated rings. The number of phenols is 1. The summed E-state index contributed by atoms with van der Waals surface area (Å²) in [4.78, 5) is 7.93. The highest BCUT2D eigenvalue weighted by Gasteiger charge is 2.39. The fraction of sp³-hybridized carbons (Fsp3) is 0.500. The number of hydrogen-bond donors (Lipinski definition) is 2. The van der Waals surface area contributed by atoms with E-state index < -0.39 is 0 Å². The smallest absolute Gasteiger partial charge is 0.117 e. The van der Waals surface area contributed by atoms with Crippen molar-refractivity contribution in [1.82, 2.24) is 9.97 Å². The molecule has 0 radical (unpaired) electrons. The van der Waals surface area contributed by atoms with Gasteiger partial charge in [0, 0.05) is 12.0 Å². The molecule has 1 aliphatic rings. The van der Waals surface area contributed by atoms with Gasteiger partial charge >= 0.3 is 0 Å². The van der Waals surface area contributed by atoms with E-state index >= 15 is 0 Å². The second-order valence-corrected chi connectivity index (χ2v) is 5.25. The van der Waals surface area contributed by atoms with Crippen molar-refractivity contribution in [2.45, 2.75) is 38.9 Å². The highest BCUT2D eigenvalue weighted by atomic mass is 16.5. The molecule has 3 rings (SSSR count). The maximum Gasteiger partial charge on any atom is 0.117 e. The van der Waals surface area contributed by atoms with Crippen LogP contribution in [0.2, 0.25) is 0 Å². The maximum atomic E-state index is 9.48. The summed E-state index contributed by atoms with van der Waals surface area (Å²) in [6.07, 6.45) is 0.427. The van der Waals surface area contributed by atoms with Gasteiger partial charge < -0.3 is 14.8 Å². The standard InChI is InChI=1S/C14H18N2O2/c1-7-8(2)18-9(3)13(7)14-15-11-5-4-10(17)6-12(11)16-14/h4-9,13,17H,1-3H3,(H,15,16). The third kappa shape index (κ3) is 1.68. The summed E-state index contributed by atoms with van der Waals surface area (Å²) in [6, 6.07) is 5.20. The van der Waals surface area contributed by atoms with Crippen LogP contribution in [0.15, 0.2) is 18.2 Å². The second kappa shape index (κ2) is 3.99. The first-order valence-electron chi connectivity index (χ1n) is 6.40. The number of nitrogens with one attached hydrogen (secondary N) is 1. The van der Waals surface area contributed by atoms with Gasteiger partial charge in [0.25, 0.3) is 0 Å². The fourth-order valence-electron chi connectivity index (χ4n) is 2.91. The Morgan fingerprint density at radius 1 is 1.22 bits per heavy atom. The van der Waals surface area contributed by atoms with Crippen LogP contribution >= 0.6 is 0 Å². The highest BCUT2D eigenvalue weighted by Crippen LogP contribution is 2.39.